The third kappa shape index (κ3) is 2.27. The summed E-state index contributed by atoms with van der Waals surface area (Å²) in [5, 5.41) is 4.09. The smallest absolute Gasteiger partial charge is 0.170 e. The van der Waals surface area contributed by atoms with Crippen LogP contribution >= 0.6 is 0 Å². The second-order valence-corrected chi connectivity index (χ2v) is 4.18. The van der Waals surface area contributed by atoms with Crippen LogP contribution in [0, 0.1) is 6.92 Å². The van der Waals surface area contributed by atoms with Crippen LogP contribution in [0.4, 0.5) is 0 Å². The normalized spacial score (nSPS) is 10.4. The number of benzene rings is 1. The Morgan fingerprint density at radius 1 is 1.39 bits per heavy atom. The number of aromatic nitrogens is 2. The molecule has 0 radical (unpaired) electrons. The molecule has 4 heteroatoms. The molecular weight excluding hydrogens is 228 g/mol. The van der Waals surface area contributed by atoms with E-state index in [1.54, 1.807) is 18.0 Å². The average Bonchev–Trinajstić information content (AvgIpc) is 2.71. The molecule has 1 heterocycles. The Balaban J connectivity index is 2.24. The number of aryl methyl sites for hydroxylation is 1. The third-order valence-electron chi connectivity index (χ3n) is 3.08. The number of methoxy groups -OCH3 is 1. The molecule has 0 saturated carbocycles. The van der Waals surface area contributed by atoms with E-state index in [1.807, 2.05) is 38.2 Å². The van der Waals surface area contributed by atoms with E-state index in [2.05, 4.69) is 5.10 Å². The van der Waals surface area contributed by atoms with Gasteiger partial charge in [-0.25, -0.2) is 0 Å². The minimum absolute atomic E-state index is 0.0603. The maximum atomic E-state index is 12.2. The molecule has 94 valence electrons. The van der Waals surface area contributed by atoms with Gasteiger partial charge in [-0.2, -0.15) is 5.10 Å². The molecule has 0 spiro atoms. The van der Waals surface area contributed by atoms with Gasteiger partial charge in [0.25, 0.3) is 0 Å². The number of nitrogens with zero attached hydrogens (tertiary/aromatic N) is 2. The lowest BCUT2D eigenvalue weighted by Crippen LogP contribution is -2.06. The fourth-order valence-corrected chi connectivity index (χ4v) is 1.89. The Labute approximate surface area is 106 Å². The van der Waals surface area contributed by atoms with Crippen LogP contribution in [0.3, 0.4) is 0 Å². The van der Waals surface area contributed by atoms with Crippen molar-refractivity contribution < 1.29 is 9.53 Å². The molecule has 0 aliphatic carbocycles. The summed E-state index contributed by atoms with van der Waals surface area (Å²) in [7, 11) is 3.44. The van der Waals surface area contributed by atoms with Gasteiger partial charge in [-0.15, -0.1) is 0 Å². The second-order valence-electron chi connectivity index (χ2n) is 4.18. The first-order chi connectivity index (χ1) is 8.63. The second kappa shape index (κ2) is 5.04. The zero-order valence-electron chi connectivity index (χ0n) is 10.8. The number of para-hydroxylation sites is 1. The lowest BCUT2D eigenvalue weighted by Gasteiger charge is -2.07. The first-order valence-corrected chi connectivity index (χ1v) is 5.77. The lowest BCUT2D eigenvalue weighted by atomic mass is 10.0. The summed E-state index contributed by atoms with van der Waals surface area (Å²) in [4.78, 5) is 12.2. The third-order valence-corrected chi connectivity index (χ3v) is 3.08. The van der Waals surface area contributed by atoms with Crippen molar-refractivity contribution in [1.82, 2.24) is 9.78 Å². The van der Waals surface area contributed by atoms with E-state index < -0.39 is 0 Å². The number of hydrogen-bond acceptors (Lipinski definition) is 3. The minimum atomic E-state index is 0.0603. The highest BCUT2D eigenvalue weighted by Crippen LogP contribution is 2.20. The van der Waals surface area contributed by atoms with E-state index in [4.69, 9.17) is 4.74 Å². The number of ether oxygens (including phenoxy) is 1. The number of rotatable bonds is 4. The fourth-order valence-electron chi connectivity index (χ4n) is 1.89. The molecule has 18 heavy (non-hydrogen) atoms. The van der Waals surface area contributed by atoms with Gasteiger partial charge in [0, 0.05) is 24.7 Å². The molecule has 4 nitrogen and oxygen atoms in total. The predicted octanol–water partition coefficient (Wildman–Crippen LogP) is 2.16. The van der Waals surface area contributed by atoms with Gasteiger partial charge < -0.3 is 4.74 Å². The van der Waals surface area contributed by atoms with Gasteiger partial charge in [0.1, 0.15) is 5.75 Å². The summed E-state index contributed by atoms with van der Waals surface area (Å²) in [5.41, 5.74) is 2.45. The Hall–Kier alpha value is -2.10. The van der Waals surface area contributed by atoms with Crippen LogP contribution in [0.15, 0.2) is 30.5 Å². The number of hydrogen-bond donors (Lipinski definition) is 0. The molecule has 0 aliphatic heterocycles. The monoisotopic (exact) mass is 244 g/mol. The number of ketones is 1. The molecule has 0 N–H and O–H groups in total. The summed E-state index contributed by atoms with van der Waals surface area (Å²) < 4.78 is 6.95. The Morgan fingerprint density at radius 3 is 2.72 bits per heavy atom. The van der Waals surface area contributed by atoms with Gasteiger partial charge in [0.05, 0.1) is 18.9 Å². The molecule has 0 unspecified atom stereocenters. The van der Waals surface area contributed by atoms with Crippen LogP contribution in [-0.4, -0.2) is 22.7 Å². The van der Waals surface area contributed by atoms with E-state index in [1.165, 1.54) is 0 Å². The quantitative estimate of drug-likeness (QED) is 0.774. The van der Waals surface area contributed by atoms with E-state index in [0.717, 1.165) is 17.0 Å². The van der Waals surface area contributed by atoms with Crippen molar-refractivity contribution in [1.29, 1.82) is 0 Å². The van der Waals surface area contributed by atoms with E-state index in [-0.39, 0.29) is 5.78 Å². The molecule has 0 bridgehead atoms. The lowest BCUT2D eigenvalue weighted by molar-refractivity contribution is 0.0991. The molecular formula is C14H16N2O2. The van der Waals surface area contributed by atoms with Gasteiger partial charge in [-0.1, -0.05) is 18.2 Å². The predicted molar refractivity (Wildman–Crippen MR) is 69.0 cm³/mol. The largest absolute Gasteiger partial charge is 0.496 e. The van der Waals surface area contributed by atoms with Crippen molar-refractivity contribution >= 4 is 5.78 Å². The maximum Gasteiger partial charge on any atom is 0.170 e. The van der Waals surface area contributed by atoms with Crippen molar-refractivity contribution in [3.63, 3.8) is 0 Å². The van der Waals surface area contributed by atoms with Gasteiger partial charge in [-0.3, -0.25) is 9.48 Å². The average molecular weight is 244 g/mol. The number of carbonyl (C=O) groups excluding carboxylic acids is 1. The molecule has 2 aromatic rings. The van der Waals surface area contributed by atoms with Crippen LogP contribution in [0.1, 0.15) is 21.6 Å². The van der Waals surface area contributed by atoms with Crippen molar-refractivity contribution in [2.45, 2.75) is 13.3 Å². The molecule has 0 fully saturated rings. The molecule has 1 aromatic heterocycles. The van der Waals surface area contributed by atoms with Gasteiger partial charge in [0.15, 0.2) is 5.78 Å². The van der Waals surface area contributed by atoms with Crippen LogP contribution in [0.5, 0.6) is 5.75 Å². The summed E-state index contributed by atoms with van der Waals surface area (Å²) in [6, 6.07) is 7.56. The molecule has 1 aromatic carbocycles. The maximum absolute atomic E-state index is 12.2. The van der Waals surface area contributed by atoms with Crippen molar-refractivity contribution in [2.75, 3.05) is 7.11 Å². The van der Waals surface area contributed by atoms with E-state index in [0.29, 0.717) is 12.0 Å². The van der Waals surface area contributed by atoms with E-state index in [9.17, 15) is 4.79 Å². The Bertz CT molecular complexity index is 573. The number of Topliss-reactive ketones (excluding diaryl/α,β-unsaturated/α-hetero) is 1. The Morgan fingerprint density at radius 2 is 2.11 bits per heavy atom. The van der Waals surface area contributed by atoms with Crippen LogP contribution in [0.2, 0.25) is 0 Å². The summed E-state index contributed by atoms with van der Waals surface area (Å²) in [6.07, 6.45) is 1.95. The molecule has 2 rings (SSSR count). The Kier molecular flexibility index (Phi) is 3.46. The molecule has 0 atom stereocenters. The van der Waals surface area contributed by atoms with Crippen molar-refractivity contribution in [2.24, 2.45) is 7.05 Å². The molecule has 0 amide bonds. The van der Waals surface area contributed by atoms with Crippen LogP contribution < -0.4 is 4.74 Å². The minimum Gasteiger partial charge on any atom is -0.496 e. The van der Waals surface area contributed by atoms with E-state index >= 15 is 0 Å². The zero-order valence-corrected chi connectivity index (χ0v) is 10.8. The van der Waals surface area contributed by atoms with Gasteiger partial charge >= 0.3 is 0 Å². The van der Waals surface area contributed by atoms with Crippen molar-refractivity contribution in [3.8, 4) is 5.75 Å². The SMILES string of the molecule is COc1ccccc1CC(=O)c1cnn(C)c1C. The zero-order chi connectivity index (χ0) is 13.1. The highest BCUT2D eigenvalue weighted by Gasteiger charge is 2.15. The standard InChI is InChI=1S/C14H16N2O2/c1-10-12(9-15-16(10)2)13(17)8-11-6-4-5-7-14(11)18-3/h4-7,9H,8H2,1-3H3. The molecule has 0 saturated heterocycles. The topological polar surface area (TPSA) is 44.1 Å². The highest BCUT2D eigenvalue weighted by molar-refractivity contribution is 5.98. The first kappa shape index (κ1) is 12.4. The highest BCUT2D eigenvalue weighted by atomic mass is 16.5. The summed E-state index contributed by atoms with van der Waals surface area (Å²) >= 11 is 0. The van der Waals surface area contributed by atoms with Crippen LogP contribution in [-0.2, 0) is 13.5 Å². The summed E-state index contributed by atoms with van der Waals surface area (Å²) in [5.74, 6) is 0.803. The van der Waals surface area contributed by atoms with Gasteiger partial charge in [-0.05, 0) is 13.0 Å². The van der Waals surface area contributed by atoms with Gasteiger partial charge in [0.2, 0.25) is 0 Å². The molecule has 0 aliphatic rings. The first-order valence-electron chi connectivity index (χ1n) is 5.77. The number of carbonyl (C=O) groups is 1. The summed E-state index contributed by atoms with van der Waals surface area (Å²) in [6.45, 7) is 1.89. The van der Waals surface area contributed by atoms with Crippen molar-refractivity contribution in [3.05, 3.63) is 47.3 Å². The fraction of sp³-hybridized carbons (Fsp3) is 0.286. The van der Waals surface area contributed by atoms with Crippen LogP contribution in [0.25, 0.3) is 0 Å².